The molecule has 0 aliphatic carbocycles. The fourth-order valence-corrected chi connectivity index (χ4v) is 1.52. The molecule has 1 aromatic heterocycles. The highest BCUT2D eigenvalue weighted by molar-refractivity contribution is 5.46. The number of nitrogen functional groups attached to an aromatic ring is 1. The van der Waals surface area contributed by atoms with Crippen LogP contribution in [0.5, 0.6) is 11.6 Å². The molecule has 0 bridgehead atoms. The lowest BCUT2D eigenvalue weighted by Crippen LogP contribution is -1.97. The minimum atomic E-state index is -0.832. The van der Waals surface area contributed by atoms with Crippen molar-refractivity contribution in [3.63, 3.8) is 0 Å². The number of hydrogen-bond acceptors (Lipinski definition) is 5. The summed E-state index contributed by atoms with van der Waals surface area (Å²) in [6, 6.07) is 6.74. The van der Waals surface area contributed by atoms with Crippen LogP contribution >= 0.6 is 0 Å². The Morgan fingerprint density at radius 1 is 1.42 bits per heavy atom. The zero-order valence-corrected chi connectivity index (χ0v) is 9.96. The molecule has 6 nitrogen and oxygen atoms in total. The molecule has 19 heavy (non-hydrogen) atoms. The Hall–Kier alpha value is -2.70. The van der Waals surface area contributed by atoms with E-state index < -0.39 is 10.7 Å². The van der Waals surface area contributed by atoms with Crippen LogP contribution in [0.1, 0.15) is 5.56 Å². The van der Waals surface area contributed by atoms with E-state index in [-0.39, 0.29) is 23.1 Å². The van der Waals surface area contributed by atoms with Gasteiger partial charge in [-0.15, -0.1) is 0 Å². The average molecular weight is 263 g/mol. The second kappa shape index (κ2) is 4.89. The van der Waals surface area contributed by atoms with Gasteiger partial charge < -0.3 is 10.5 Å². The molecule has 0 saturated carbocycles. The number of halogens is 1. The minimum Gasteiger partial charge on any atom is -0.436 e. The Balaban J connectivity index is 2.36. The topological polar surface area (TPSA) is 91.3 Å². The van der Waals surface area contributed by atoms with Gasteiger partial charge in [0.05, 0.1) is 11.0 Å². The van der Waals surface area contributed by atoms with Crippen molar-refractivity contribution in [2.45, 2.75) is 6.92 Å². The monoisotopic (exact) mass is 263 g/mol. The summed E-state index contributed by atoms with van der Waals surface area (Å²) in [6.07, 6.45) is 0. The molecule has 2 N–H and O–H groups in total. The van der Waals surface area contributed by atoms with Gasteiger partial charge in [-0.3, -0.25) is 10.1 Å². The lowest BCUT2D eigenvalue weighted by Gasteiger charge is -2.07. The van der Waals surface area contributed by atoms with Crippen LogP contribution in [0.15, 0.2) is 30.3 Å². The zero-order chi connectivity index (χ0) is 14.0. The van der Waals surface area contributed by atoms with Gasteiger partial charge in [0, 0.05) is 11.6 Å². The molecular formula is C12H10FN3O3. The van der Waals surface area contributed by atoms with Crippen molar-refractivity contribution in [3.05, 3.63) is 51.8 Å². The first-order chi connectivity index (χ1) is 8.97. The number of nitro benzene ring substituents is 1. The van der Waals surface area contributed by atoms with Crippen LogP contribution in [0.25, 0.3) is 0 Å². The van der Waals surface area contributed by atoms with Crippen LogP contribution in [-0.2, 0) is 0 Å². The maximum absolute atomic E-state index is 13.7. The second-order valence-electron chi connectivity index (χ2n) is 3.83. The molecule has 2 aromatic rings. The Kier molecular flexibility index (Phi) is 3.28. The number of nitro groups is 1. The summed E-state index contributed by atoms with van der Waals surface area (Å²) in [6.45, 7) is 1.50. The van der Waals surface area contributed by atoms with Crippen LogP contribution < -0.4 is 10.5 Å². The molecule has 1 aromatic carbocycles. The van der Waals surface area contributed by atoms with E-state index in [0.717, 1.165) is 6.07 Å². The highest BCUT2D eigenvalue weighted by Crippen LogP contribution is 2.29. The van der Waals surface area contributed by atoms with E-state index in [2.05, 4.69) is 4.98 Å². The average Bonchev–Trinajstić information content (AvgIpc) is 2.33. The molecule has 0 atom stereocenters. The van der Waals surface area contributed by atoms with E-state index in [1.54, 1.807) is 12.1 Å². The fraction of sp³-hybridized carbons (Fsp3) is 0.0833. The minimum absolute atomic E-state index is 0.118. The van der Waals surface area contributed by atoms with Gasteiger partial charge in [0.1, 0.15) is 5.82 Å². The number of anilines is 1. The fourth-order valence-electron chi connectivity index (χ4n) is 1.52. The summed E-state index contributed by atoms with van der Waals surface area (Å²) >= 11 is 0. The number of aromatic nitrogens is 1. The van der Waals surface area contributed by atoms with Crippen molar-refractivity contribution < 1.29 is 14.1 Å². The first-order valence-electron chi connectivity index (χ1n) is 5.32. The number of aryl methyl sites for hydroxylation is 1. The predicted octanol–water partition coefficient (Wildman–Crippen LogP) is 2.81. The Labute approximate surface area is 107 Å². The summed E-state index contributed by atoms with van der Waals surface area (Å²) in [5.41, 5.74) is 5.47. The number of rotatable bonds is 3. The van der Waals surface area contributed by atoms with Gasteiger partial charge in [-0.05, 0) is 19.1 Å². The number of hydrogen-bond donors (Lipinski definition) is 1. The predicted molar refractivity (Wildman–Crippen MR) is 66.5 cm³/mol. The largest absolute Gasteiger partial charge is 0.436 e. The number of nitrogens with two attached hydrogens (primary N) is 1. The molecule has 0 spiro atoms. The first-order valence-corrected chi connectivity index (χ1v) is 5.32. The summed E-state index contributed by atoms with van der Waals surface area (Å²) in [5, 5.41) is 10.7. The van der Waals surface area contributed by atoms with E-state index >= 15 is 0 Å². The van der Waals surface area contributed by atoms with Crippen LogP contribution in [-0.4, -0.2) is 9.91 Å². The van der Waals surface area contributed by atoms with Crippen LogP contribution in [0.4, 0.5) is 15.9 Å². The Bertz CT molecular complexity index is 646. The Morgan fingerprint density at radius 3 is 2.79 bits per heavy atom. The number of benzene rings is 1. The van der Waals surface area contributed by atoms with Gasteiger partial charge >= 0.3 is 0 Å². The molecular weight excluding hydrogens is 253 g/mol. The van der Waals surface area contributed by atoms with Gasteiger partial charge in [0.2, 0.25) is 5.88 Å². The van der Waals surface area contributed by atoms with E-state index in [0.29, 0.717) is 5.56 Å². The molecule has 0 aliphatic rings. The Morgan fingerprint density at radius 2 is 2.16 bits per heavy atom. The van der Waals surface area contributed by atoms with Crippen LogP contribution in [0.3, 0.4) is 0 Å². The molecule has 0 amide bonds. The van der Waals surface area contributed by atoms with Crippen molar-refractivity contribution in [1.29, 1.82) is 0 Å². The smallest absolute Gasteiger partial charge is 0.275 e. The van der Waals surface area contributed by atoms with E-state index in [4.69, 9.17) is 10.5 Å². The molecule has 0 radical (unpaired) electrons. The summed E-state index contributed by atoms with van der Waals surface area (Å²) in [4.78, 5) is 13.9. The van der Waals surface area contributed by atoms with Gasteiger partial charge in [0.25, 0.3) is 5.69 Å². The molecule has 0 unspecified atom stereocenters. The summed E-state index contributed by atoms with van der Waals surface area (Å²) < 4.78 is 18.9. The normalized spacial score (nSPS) is 10.2. The highest BCUT2D eigenvalue weighted by Gasteiger charge is 2.17. The lowest BCUT2D eigenvalue weighted by atomic mass is 10.2. The van der Waals surface area contributed by atoms with Gasteiger partial charge in [-0.1, -0.05) is 6.07 Å². The summed E-state index contributed by atoms with van der Waals surface area (Å²) in [7, 11) is 0. The van der Waals surface area contributed by atoms with E-state index in [1.807, 2.05) is 0 Å². The van der Waals surface area contributed by atoms with Crippen LogP contribution in [0.2, 0.25) is 0 Å². The highest BCUT2D eigenvalue weighted by atomic mass is 19.1. The van der Waals surface area contributed by atoms with E-state index in [9.17, 15) is 14.5 Å². The van der Waals surface area contributed by atoms with Crippen molar-refractivity contribution in [3.8, 4) is 11.6 Å². The third-order valence-electron chi connectivity index (χ3n) is 2.41. The number of pyridine rings is 1. The third-order valence-corrected chi connectivity index (χ3v) is 2.41. The summed E-state index contributed by atoms with van der Waals surface area (Å²) in [5.74, 6) is -0.619. The number of nitrogens with zero attached hydrogens (tertiary/aromatic N) is 2. The maximum atomic E-state index is 13.7. The third kappa shape index (κ3) is 2.76. The standard InChI is InChI=1S/C12H10FN3O3/c1-7-5-10(8(13)6-9(7)16(17)18)19-12-4-2-3-11(14)15-12/h2-6H,1H3,(H2,14,15). The molecule has 7 heteroatoms. The van der Waals surface area contributed by atoms with Crippen molar-refractivity contribution in [2.24, 2.45) is 0 Å². The quantitative estimate of drug-likeness (QED) is 0.679. The van der Waals surface area contributed by atoms with Crippen molar-refractivity contribution >= 4 is 11.5 Å². The molecule has 0 aliphatic heterocycles. The molecule has 1 heterocycles. The van der Waals surface area contributed by atoms with Crippen molar-refractivity contribution in [1.82, 2.24) is 4.98 Å². The maximum Gasteiger partial charge on any atom is 0.275 e. The van der Waals surface area contributed by atoms with Gasteiger partial charge in [-0.2, -0.15) is 4.98 Å². The van der Waals surface area contributed by atoms with E-state index in [1.165, 1.54) is 19.1 Å². The zero-order valence-electron chi connectivity index (χ0n) is 9.96. The molecule has 98 valence electrons. The number of ether oxygens (including phenoxy) is 1. The van der Waals surface area contributed by atoms with Crippen molar-refractivity contribution in [2.75, 3.05) is 5.73 Å². The SMILES string of the molecule is Cc1cc(Oc2cccc(N)n2)c(F)cc1[N+](=O)[O-]. The first kappa shape index (κ1) is 12.7. The van der Waals surface area contributed by atoms with Gasteiger partial charge in [-0.25, -0.2) is 4.39 Å². The second-order valence-corrected chi connectivity index (χ2v) is 3.83. The van der Waals surface area contributed by atoms with Crippen LogP contribution in [0, 0.1) is 22.9 Å². The molecule has 2 rings (SSSR count). The lowest BCUT2D eigenvalue weighted by molar-refractivity contribution is -0.385. The van der Waals surface area contributed by atoms with Gasteiger partial charge in [0.15, 0.2) is 11.6 Å². The molecule has 0 fully saturated rings. The molecule has 0 saturated heterocycles.